The highest BCUT2D eigenvalue weighted by Crippen LogP contribution is 2.45. The summed E-state index contributed by atoms with van der Waals surface area (Å²) in [6.45, 7) is 3.71. The number of fused-ring (bicyclic) bond motifs is 2. The quantitative estimate of drug-likeness (QED) is 0.861. The third-order valence-electron chi connectivity index (χ3n) is 5.56. The number of amides is 1. The van der Waals surface area contributed by atoms with E-state index in [4.69, 9.17) is 0 Å². The van der Waals surface area contributed by atoms with Crippen LogP contribution in [0.2, 0.25) is 0 Å². The summed E-state index contributed by atoms with van der Waals surface area (Å²) in [5.74, 6) is 1.01. The first-order chi connectivity index (χ1) is 9.79. The van der Waals surface area contributed by atoms with E-state index < -0.39 is 0 Å². The molecule has 1 amide bonds. The molecule has 4 rings (SSSR count). The van der Waals surface area contributed by atoms with E-state index in [-0.39, 0.29) is 5.41 Å². The van der Waals surface area contributed by atoms with E-state index in [2.05, 4.69) is 21.7 Å². The number of thiophene rings is 1. The van der Waals surface area contributed by atoms with Crippen LogP contribution in [0.4, 0.5) is 0 Å². The van der Waals surface area contributed by atoms with Crippen molar-refractivity contribution in [3.63, 3.8) is 0 Å². The van der Waals surface area contributed by atoms with Crippen molar-refractivity contribution in [3.05, 3.63) is 21.9 Å². The molecule has 3 nitrogen and oxygen atoms in total. The second-order valence-corrected chi connectivity index (χ2v) is 7.58. The van der Waals surface area contributed by atoms with Crippen LogP contribution >= 0.6 is 11.3 Å². The zero-order valence-corrected chi connectivity index (χ0v) is 12.7. The first-order valence-corrected chi connectivity index (χ1v) is 8.73. The molecule has 108 valence electrons. The van der Waals surface area contributed by atoms with Crippen molar-refractivity contribution in [2.45, 2.75) is 38.6 Å². The Bertz CT molecular complexity index is 526. The van der Waals surface area contributed by atoms with Crippen LogP contribution in [-0.4, -0.2) is 30.4 Å². The van der Waals surface area contributed by atoms with Crippen LogP contribution in [0.25, 0.3) is 0 Å². The van der Waals surface area contributed by atoms with Crippen LogP contribution in [0.15, 0.2) is 11.4 Å². The number of hydrogen-bond acceptors (Lipinski definition) is 3. The lowest BCUT2D eigenvalue weighted by atomic mass is 9.67. The van der Waals surface area contributed by atoms with Gasteiger partial charge in [-0.25, -0.2) is 0 Å². The Labute approximate surface area is 124 Å². The maximum atomic E-state index is 13.2. The van der Waals surface area contributed by atoms with Gasteiger partial charge in [-0.3, -0.25) is 4.79 Å². The maximum Gasteiger partial charge on any atom is 0.230 e. The van der Waals surface area contributed by atoms with Gasteiger partial charge in [0.05, 0.1) is 5.41 Å². The fraction of sp³-hybridized carbons (Fsp3) is 0.688. The van der Waals surface area contributed by atoms with Gasteiger partial charge >= 0.3 is 0 Å². The van der Waals surface area contributed by atoms with Crippen molar-refractivity contribution in [3.8, 4) is 0 Å². The predicted octanol–water partition coefficient (Wildman–Crippen LogP) is 2.41. The van der Waals surface area contributed by atoms with E-state index in [9.17, 15) is 4.79 Å². The highest BCUT2D eigenvalue weighted by molar-refractivity contribution is 7.10. The molecule has 1 aromatic rings. The fourth-order valence-corrected chi connectivity index (χ4v) is 5.29. The fourth-order valence-electron chi connectivity index (χ4n) is 4.41. The Hall–Kier alpha value is -0.870. The zero-order valence-electron chi connectivity index (χ0n) is 11.9. The summed E-state index contributed by atoms with van der Waals surface area (Å²) in [7, 11) is 0. The number of nitrogens with zero attached hydrogens (tertiary/aromatic N) is 1. The highest BCUT2D eigenvalue weighted by atomic mass is 32.1. The first-order valence-electron chi connectivity index (χ1n) is 7.85. The lowest BCUT2D eigenvalue weighted by molar-refractivity contribution is -0.146. The monoisotopic (exact) mass is 290 g/mol. The Balaban J connectivity index is 1.58. The van der Waals surface area contributed by atoms with E-state index in [0.717, 1.165) is 39.0 Å². The minimum absolute atomic E-state index is 0.0776. The summed E-state index contributed by atoms with van der Waals surface area (Å²) in [6.07, 6.45) is 5.90. The van der Waals surface area contributed by atoms with Gasteiger partial charge in [0.2, 0.25) is 5.91 Å². The summed E-state index contributed by atoms with van der Waals surface area (Å²) in [5, 5.41) is 5.66. The van der Waals surface area contributed by atoms with Gasteiger partial charge in [-0.05, 0) is 48.7 Å². The molecule has 1 saturated heterocycles. The highest BCUT2D eigenvalue weighted by Gasteiger charge is 2.51. The normalized spacial score (nSPS) is 32.8. The topological polar surface area (TPSA) is 32.3 Å². The lowest BCUT2D eigenvalue weighted by Gasteiger charge is -2.41. The smallest absolute Gasteiger partial charge is 0.230 e. The number of hydrogen-bond donors (Lipinski definition) is 1. The zero-order chi connectivity index (χ0) is 13.6. The van der Waals surface area contributed by atoms with Gasteiger partial charge < -0.3 is 10.2 Å². The summed E-state index contributed by atoms with van der Waals surface area (Å²) in [4.78, 5) is 16.8. The molecule has 0 aromatic carbocycles. The molecule has 1 N–H and O–H groups in total. The second kappa shape index (κ2) is 4.85. The minimum Gasteiger partial charge on any atom is -0.337 e. The van der Waals surface area contributed by atoms with Crippen molar-refractivity contribution >= 4 is 17.2 Å². The van der Waals surface area contributed by atoms with E-state index in [1.807, 2.05) is 11.3 Å². The molecule has 20 heavy (non-hydrogen) atoms. The van der Waals surface area contributed by atoms with Crippen LogP contribution in [0.5, 0.6) is 0 Å². The molecular weight excluding hydrogens is 268 g/mol. The average Bonchev–Trinajstić information content (AvgIpc) is 3.12. The number of carbonyl (C=O) groups is 1. The number of nitrogens with one attached hydrogen (secondary N) is 1. The molecular formula is C16H22N2OS. The molecule has 2 fully saturated rings. The lowest BCUT2D eigenvalue weighted by Crippen LogP contribution is -2.50. The van der Waals surface area contributed by atoms with Gasteiger partial charge in [0.1, 0.15) is 0 Å². The third kappa shape index (κ3) is 1.85. The van der Waals surface area contributed by atoms with Crippen LogP contribution in [0, 0.1) is 11.3 Å². The third-order valence-corrected chi connectivity index (χ3v) is 6.58. The molecule has 1 saturated carbocycles. The van der Waals surface area contributed by atoms with Gasteiger partial charge in [-0.1, -0.05) is 12.8 Å². The van der Waals surface area contributed by atoms with Crippen molar-refractivity contribution in [2.24, 2.45) is 11.3 Å². The van der Waals surface area contributed by atoms with Crippen molar-refractivity contribution in [1.29, 1.82) is 0 Å². The molecule has 4 heteroatoms. The van der Waals surface area contributed by atoms with Crippen molar-refractivity contribution in [2.75, 3.05) is 19.6 Å². The van der Waals surface area contributed by atoms with E-state index in [1.54, 1.807) is 0 Å². The molecule has 0 radical (unpaired) electrons. The van der Waals surface area contributed by atoms with Gasteiger partial charge in [0.15, 0.2) is 0 Å². The molecule has 3 heterocycles. The van der Waals surface area contributed by atoms with Crippen molar-refractivity contribution < 1.29 is 4.79 Å². The average molecular weight is 290 g/mol. The molecule has 0 spiro atoms. The minimum atomic E-state index is -0.0776. The van der Waals surface area contributed by atoms with Crippen LogP contribution in [0.3, 0.4) is 0 Å². The van der Waals surface area contributed by atoms with Crippen LogP contribution in [0.1, 0.15) is 36.1 Å². The van der Waals surface area contributed by atoms with E-state index in [1.165, 1.54) is 29.7 Å². The summed E-state index contributed by atoms with van der Waals surface area (Å²) >= 11 is 1.84. The summed E-state index contributed by atoms with van der Waals surface area (Å²) in [5.41, 5.74) is 1.30. The Morgan fingerprint density at radius 1 is 1.45 bits per heavy atom. The van der Waals surface area contributed by atoms with Gasteiger partial charge in [-0.15, -0.1) is 11.3 Å². The number of carbonyl (C=O) groups excluding carboxylic acids is 1. The first kappa shape index (κ1) is 12.8. The number of rotatable bonds is 1. The standard InChI is InChI=1S/C16H22N2OS/c19-15(16-6-2-1-3-13(16)9-17-11-16)18-7-4-14-12(10-18)5-8-20-14/h5,8,13,17H,1-4,6-7,9-11H2/t13-,16+/m0/s1. The molecule has 0 unspecified atom stereocenters. The van der Waals surface area contributed by atoms with Gasteiger partial charge in [0.25, 0.3) is 0 Å². The molecule has 2 atom stereocenters. The summed E-state index contributed by atoms with van der Waals surface area (Å²) in [6, 6.07) is 2.20. The molecule has 0 bridgehead atoms. The van der Waals surface area contributed by atoms with Crippen LogP contribution < -0.4 is 5.32 Å². The SMILES string of the molecule is O=C(N1CCc2sccc2C1)[C@@]12CCCC[C@H]1CNC2. The van der Waals surface area contributed by atoms with Crippen LogP contribution in [-0.2, 0) is 17.8 Å². The van der Waals surface area contributed by atoms with E-state index >= 15 is 0 Å². The Morgan fingerprint density at radius 3 is 3.35 bits per heavy atom. The molecule has 3 aliphatic rings. The molecule has 1 aromatic heterocycles. The maximum absolute atomic E-state index is 13.2. The van der Waals surface area contributed by atoms with Gasteiger partial charge in [-0.2, -0.15) is 0 Å². The summed E-state index contributed by atoms with van der Waals surface area (Å²) < 4.78 is 0. The van der Waals surface area contributed by atoms with E-state index in [0.29, 0.717) is 11.8 Å². The Morgan fingerprint density at radius 2 is 2.40 bits per heavy atom. The largest absolute Gasteiger partial charge is 0.337 e. The molecule has 2 aliphatic heterocycles. The van der Waals surface area contributed by atoms with Gasteiger partial charge in [0, 0.05) is 24.5 Å². The Kier molecular flexibility index (Phi) is 3.11. The molecule has 1 aliphatic carbocycles. The second-order valence-electron chi connectivity index (χ2n) is 6.58. The predicted molar refractivity (Wildman–Crippen MR) is 80.7 cm³/mol. The van der Waals surface area contributed by atoms with Crippen molar-refractivity contribution in [1.82, 2.24) is 10.2 Å².